The number of aromatic nitrogens is 4. The van der Waals surface area contributed by atoms with Crippen LogP contribution in [-0.4, -0.2) is 26.5 Å². The van der Waals surface area contributed by atoms with Crippen molar-refractivity contribution in [2.45, 2.75) is 26.9 Å². The van der Waals surface area contributed by atoms with Crippen molar-refractivity contribution in [3.8, 4) is 0 Å². The summed E-state index contributed by atoms with van der Waals surface area (Å²) >= 11 is 1.71. The molecule has 0 saturated heterocycles. The van der Waals surface area contributed by atoms with E-state index in [1.165, 1.54) is 4.70 Å². The van der Waals surface area contributed by atoms with Gasteiger partial charge in [0.2, 0.25) is 0 Å². The fourth-order valence-corrected chi connectivity index (χ4v) is 3.07. The lowest BCUT2D eigenvalue weighted by Crippen LogP contribution is -2.19. The van der Waals surface area contributed by atoms with Crippen LogP contribution in [0.1, 0.15) is 24.5 Å². The number of nitrogens with one attached hydrogen (secondary N) is 1. The Morgan fingerprint density at radius 2 is 2.14 bits per heavy atom. The van der Waals surface area contributed by atoms with Gasteiger partial charge in [-0.05, 0) is 24.6 Å². The van der Waals surface area contributed by atoms with Crippen molar-refractivity contribution in [3.05, 3.63) is 41.2 Å². The molecule has 110 valence electrons. The number of hydrogen-bond acceptors (Lipinski definition) is 5. The lowest BCUT2D eigenvalue weighted by molar-refractivity contribution is 0.548. The van der Waals surface area contributed by atoms with Crippen LogP contribution in [0.15, 0.2) is 30.5 Å². The minimum atomic E-state index is 0.641. The molecule has 0 aliphatic carbocycles. The number of benzene rings is 1. The van der Waals surface area contributed by atoms with E-state index in [1.807, 2.05) is 29.1 Å². The van der Waals surface area contributed by atoms with Crippen LogP contribution < -0.4 is 5.32 Å². The van der Waals surface area contributed by atoms with E-state index in [-0.39, 0.29) is 0 Å². The highest BCUT2D eigenvalue weighted by atomic mass is 32.1. The molecular formula is C15H19N5S. The Morgan fingerprint density at radius 3 is 2.95 bits per heavy atom. The summed E-state index contributed by atoms with van der Waals surface area (Å²) in [6.07, 6.45) is 1.99. The molecule has 0 amide bonds. The van der Waals surface area contributed by atoms with Crippen LogP contribution in [-0.2, 0) is 13.1 Å². The molecule has 0 saturated carbocycles. The van der Waals surface area contributed by atoms with Gasteiger partial charge in [-0.3, -0.25) is 0 Å². The maximum atomic E-state index is 4.62. The van der Waals surface area contributed by atoms with E-state index >= 15 is 0 Å². The van der Waals surface area contributed by atoms with Gasteiger partial charge in [-0.1, -0.05) is 31.2 Å². The monoisotopic (exact) mass is 301 g/mol. The third-order valence-corrected chi connectivity index (χ3v) is 4.10. The van der Waals surface area contributed by atoms with Crippen molar-refractivity contribution in [3.63, 3.8) is 0 Å². The molecule has 0 atom stereocenters. The molecule has 6 heteroatoms. The molecule has 2 heterocycles. The minimum Gasteiger partial charge on any atom is -0.311 e. The quantitative estimate of drug-likeness (QED) is 0.760. The standard InChI is InChI=1S/C15H19N5S/c1-11(2)7-16-8-12-9-20(19-18-12)10-15-17-13-5-3-4-6-14(13)21-15/h3-6,9,11,16H,7-8,10H2,1-2H3. The molecule has 21 heavy (non-hydrogen) atoms. The summed E-state index contributed by atoms with van der Waals surface area (Å²) in [4.78, 5) is 4.62. The maximum Gasteiger partial charge on any atom is 0.115 e. The summed E-state index contributed by atoms with van der Waals surface area (Å²) < 4.78 is 3.07. The number of para-hydroxylation sites is 1. The summed E-state index contributed by atoms with van der Waals surface area (Å²) in [7, 11) is 0. The maximum absolute atomic E-state index is 4.62. The van der Waals surface area contributed by atoms with Crippen LogP contribution >= 0.6 is 11.3 Å². The van der Waals surface area contributed by atoms with Gasteiger partial charge in [0.25, 0.3) is 0 Å². The first-order valence-electron chi connectivity index (χ1n) is 7.15. The van der Waals surface area contributed by atoms with Crippen LogP contribution in [0.4, 0.5) is 0 Å². The first-order valence-corrected chi connectivity index (χ1v) is 7.96. The smallest absolute Gasteiger partial charge is 0.115 e. The number of thiazole rings is 1. The lowest BCUT2D eigenvalue weighted by Gasteiger charge is -2.04. The first kappa shape index (κ1) is 14.2. The van der Waals surface area contributed by atoms with E-state index in [4.69, 9.17) is 0 Å². The average molecular weight is 301 g/mol. The van der Waals surface area contributed by atoms with Gasteiger partial charge < -0.3 is 5.32 Å². The number of fused-ring (bicyclic) bond motifs is 1. The predicted molar refractivity (Wildman–Crippen MR) is 85.3 cm³/mol. The number of rotatable bonds is 6. The van der Waals surface area contributed by atoms with Crippen LogP contribution in [0.25, 0.3) is 10.2 Å². The Kier molecular flexibility index (Phi) is 4.26. The van der Waals surface area contributed by atoms with Gasteiger partial charge in [-0.15, -0.1) is 16.4 Å². The van der Waals surface area contributed by atoms with Gasteiger partial charge in [-0.25, -0.2) is 9.67 Å². The van der Waals surface area contributed by atoms with Gasteiger partial charge >= 0.3 is 0 Å². The summed E-state index contributed by atoms with van der Waals surface area (Å²) in [6, 6.07) is 8.19. The van der Waals surface area contributed by atoms with Crippen molar-refractivity contribution in [1.82, 2.24) is 25.3 Å². The Balaban J connectivity index is 1.63. The Hall–Kier alpha value is -1.79. The van der Waals surface area contributed by atoms with Gasteiger partial charge in [0, 0.05) is 6.54 Å². The summed E-state index contributed by atoms with van der Waals surface area (Å²) in [5, 5.41) is 12.8. The van der Waals surface area contributed by atoms with Crippen molar-refractivity contribution in [2.24, 2.45) is 5.92 Å². The second-order valence-corrected chi connectivity index (χ2v) is 6.62. The highest BCUT2D eigenvalue weighted by Crippen LogP contribution is 2.21. The van der Waals surface area contributed by atoms with Crippen LogP contribution in [0.5, 0.6) is 0 Å². The minimum absolute atomic E-state index is 0.641. The van der Waals surface area contributed by atoms with Crippen LogP contribution in [0.2, 0.25) is 0 Å². The number of hydrogen-bond donors (Lipinski definition) is 1. The van der Waals surface area contributed by atoms with Crippen molar-refractivity contribution < 1.29 is 0 Å². The van der Waals surface area contributed by atoms with Crippen LogP contribution in [0.3, 0.4) is 0 Å². The molecule has 0 aliphatic heterocycles. The van der Waals surface area contributed by atoms with E-state index in [2.05, 4.69) is 40.5 Å². The molecule has 0 unspecified atom stereocenters. The Labute approximate surface area is 128 Å². The summed E-state index contributed by atoms with van der Waals surface area (Å²) in [6.45, 7) is 6.81. The van der Waals surface area contributed by atoms with Gasteiger partial charge in [0.15, 0.2) is 0 Å². The van der Waals surface area contributed by atoms with Crippen molar-refractivity contribution in [2.75, 3.05) is 6.54 Å². The molecule has 5 nitrogen and oxygen atoms in total. The molecule has 0 fully saturated rings. The molecule has 1 N–H and O–H groups in total. The first-order chi connectivity index (χ1) is 10.2. The molecule has 0 radical (unpaired) electrons. The fraction of sp³-hybridized carbons (Fsp3) is 0.400. The van der Waals surface area contributed by atoms with Gasteiger partial charge in [0.05, 0.1) is 28.7 Å². The van der Waals surface area contributed by atoms with E-state index in [0.29, 0.717) is 12.5 Å². The third kappa shape index (κ3) is 3.65. The Morgan fingerprint density at radius 1 is 1.29 bits per heavy atom. The highest BCUT2D eigenvalue weighted by Gasteiger charge is 2.06. The molecule has 0 aliphatic rings. The molecule has 0 spiro atoms. The SMILES string of the molecule is CC(C)CNCc1cn(Cc2nc3ccccc3s2)nn1. The molecule has 1 aromatic carbocycles. The van der Waals surface area contributed by atoms with E-state index in [9.17, 15) is 0 Å². The average Bonchev–Trinajstić information content (AvgIpc) is 3.04. The number of nitrogens with zero attached hydrogens (tertiary/aromatic N) is 4. The van der Waals surface area contributed by atoms with Crippen LogP contribution in [0, 0.1) is 5.92 Å². The van der Waals surface area contributed by atoms with E-state index < -0.39 is 0 Å². The zero-order valence-electron chi connectivity index (χ0n) is 12.3. The zero-order valence-corrected chi connectivity index (χ0v) is 13.1. The molecule has 3 aromatic rings. The van der Waals surface area contributed by atoms with Crippen molar-refractivity contribution in [1.29, 1.82) is 0 Å². The Bertz CT molecular complexity index is 683. The zero-order chi connectivity index (χ0) is 14.7. The van der Waals surface area contributed by atoms with Gasteiger partial charge in [-0.2, -0.15) is 0 Å². The summed E-state index contributed by atoms with van der Waals surface area (Å²) in [5.41, 5.74) is 2.02. The van der Waals surface area contributed by atoms with E-state index in [1.54, 1.807) is 11.3 Å². The molecular weight excluding hydrogens is 282 g/mol. The highest BCUT2D eigenvalue weighted by molar-refractivity contribution is 7.18. The fourth-order valence-electron chi connectivity index (χ4n) is 2.11. The summed E-state index contributed by atoms with van der Waals surface area (Å²) in [5.74, 6) is 0.641. The topological polar surface area (TPSA) is 55.6 Å². The molecule has 3 rings (SSSR count). The second-order valence-electron chi connectivity index (χ2n) is 5.51. The third-order valence-electron chi connectivity index (χ3n) is 3.08. The van der Waals surface area contributed by atoms with Gasteiger partial charge in [0.1, 0.15) is 5.01 Å². The van der Waals surface area contributed by atoms with E-state index in [0.717, 1.165) is 29.3 Å². The predicted octanol–water partition coefficient (Wildman–Crippen LogP) is 2.68. The van der Waals surface area contributed by atoms with Crippen molar-refractivity contribution >= 4 is 21.6 Å². The molecule has 2 aromatic heterocycles. The molecule has 0 bridgehead atoms. The second kappa shape index (κ2) is 6.32. The lowest BCUT2D eigenvalue weighted by atomic mass is 10.2. The normalized spacial score (nSPS) is 11.6. The largest absolute Gasteiger partial charge is 0.311 e.